The number of thiazole rings is 1. The smallest absolute Gasteiger partial charge is 0.414 e. The van der Waals surface area contributed by atoms with E-state index in [0.29, 0.717) is 48.4 Å². The molecule has 0 bridgehead atoms. The molecule has 4 rings (SSSR count). The highest BCUT2D eigenvalue weighted by Gasteiger charge is 2.33. The summed E-state index contributed by atoms with van der Waals surface area (Å²) >= 11 is 1.22. The fourth-order valence-corrected chi connectivity index (χ4v) is 4.25. The fourth-order valence-electron chi connectivity index (χ4n) is 3.71. The van der Waals surface area contributed by atoms with Crippen molar-refractivity contribution in [3.63, 3.8) is 0 Å². The minimum absolute atomic E-state index is 0.185. The molecule has 0 saturated carbocycles. The molecule has 0 radical (unpaired) electrons. The Hall–Kier alpha value is -3.41. The molecule has 12 heteroatoms. The molecule has 10 nitrogen and oxygen atoms in total. The van der Waals surface area contributed by atoms with Gasteiger partial charge < -0.3 is 25.6 Å². The van der Waals surface area contributed by atoms with Crippen LogP contribution in [0.3, 0.4) is 0 Å². The standard InChI is InChI=1S/C20H23FN6O4S/c1-12(28)23-9-14-10-27(20(30)31-14)13-2-3-17(15(21)8-13)25-4-6-26(7-5-25)18(29)16-11-32-19(22)24-16/h2-3,8,11,14H,4-7,9-10H2,1H3,(H2,22,24)(H,23,28). The van der Waals surface area contributed by atoms with Crippen molar-refractivity contribution in [1.82, 2.24) is 15.2 Å². The van der Waals surface area contributed by atoms with Crippen LogP contribution in [0.2, 0.25) is 0 Å². The summed E-state index contributed by atoms with van der Waals surface area (Å²) in [4.78, 5) is 44.6. The van der Waals surface area contributed by atoms with Crippen molar-refractivity contribution in [2.75, 3.05) is 54.8 Å². The number of nitrogens with zero attached hydrogens (tertiary/aromatic N) is 4. The van der Waals surface area contributed by atoms with Crippen LogP contribution in [-0.2, 0) is 9.53 Å². The Bertz CT molecular complexity index is 1040. The second-order valence-corrected chi connectivity index (χ2v) is 8.43. The zero-order chi connectivity index (χ0) is 22.8. The molecular weight excluding hydrogens is 439 g/mol. The topological polar surface area (TPSA) is 121 Å². The minimum atomic E-state index is -0.581. The first-order valence-electron chi connectivity index (χ1n) is 10.1. The van der Waals surface area contributed by atoms with Crippen LogP contribution in [0.15, 0.2) is 23.6 Å². The van der Waals surface area contributed by atoms with E-state index in [0.717, 1.165) is 0 Å². The van der Waals surface area contributed by atoms with Crippen LogP contribution in [0, 0.1) is 5.82 Å². The number of ether oxygens (including phenoxy) is 1. The molecule has 2 aliphatic rings. The SMILES string of the molecule is CC(=O)NCC1CN(c2ccc(N3CCN(C(=O)c4csc(N)n4)CC3)c(F)c2)C(=O)O1. The highest BCUT2D eigenvalue weighted by molar-refractivity contribution is 7.13. The molecule has 2 saturated heterocycles. The minimum Gasteiger partial charge on any atom is -0.442 e. The van der Waals surface area contributed by atoms with Crippen LogP contribution in [0.1, 0.15) is 17.4 Å². The first-order chi connectivity index (χ1) is 15.3. The first kappa shape index (κ1) is 21.8. The monoisotopic (exact) mass is 462 g/mol. The Morgan fingerprint density at radius 1 is 1.31 bits per heavy atom. The molecule has 3 amide bonds. The van der Waals surface area contributed by atoms with E-state index in [1.807, 2.05) is 4.90 Å². The third kappa shape index (κ3) is 4.59. The van der Waals surface area contributed by atoms with E-state index >= 15 is 0 Å². The predicted octanol–water partition coefficient (Wildman–Crippen LogP) is 1.29. The number of piperazine rings is 1. The molecule has 3 N–H and O–H groups in total. The van der Waals surface area contributed by atoms with Crippen LogP contribution in [-0.4, -0.2) is 73.2 Å². The van der Waals surface area contributed by atoms with Gasteiger partial charge in [-0.3, -0.25) is 14.5 Å². The van der Waals surface area contributed by atoms with Gasteiger partial charge in [-0.2, -0.15) is 0 Å². The lowest BCUT2D eigenvalue weighted by molar-refractivity contribution is -0.119. The molecule has 2 aromatic rings. The first-order valence-corrected chi connectivity index (χ1v) is 11.0. The van der Waals surface area contributed by atoms with Crippen molar-refractivity contribution in [2.45, 2.75) is 13.0 Å². The van der Waals surface area contributed by atoms with E-state index < -0.39 is 18.0 Å². The number of carbonyl (C=O) groups is 3. The van der Waals surface area contributed by atoms with E-state index in [1.54, 1.807) is 22.4 Å². The summed E-state index contributed by atoms with van der Waals surface area (Å²) in [6.07, 6.45) is -1.07. The number of aromatic nitrogens is 1. The van der Waals surface area contributed by atoms with Crippen LogP contribution in [0.4, 0.5) is 25.7 Å². The molecular formula is C20H23FN6O4S. The average Bonchev–Trinajstić information content (AvgIpc) is 3.37. The second kappa shape index (κ2) is 8.99. The number of nitrogens with one attached hydrogen (secondary N) is 1. The third-order valence-corrected chi connectivity index (χ3v) is 6.02. The quantitative estimate of drug-likeness (QED) is 0.687. The number of rotatable bonds is 5. The van der Waals surface area contributed by atoms with Gasteiger partial charge in [0.05, 0.1) is 24.5 Å². The Kier molecular flexibility index (Phi) is 6.12. The van der Waals surface area contributed by atoms with Gasteiger partial charge >= 0.3 is 6.09 Å². The zero-order valence-corrected chi connectivity index (χ0v) is 18.2. The van der Waals surface area contributed by atoms with E-state index in [1.165, 1.54) is 29.2 Å². The molecule has 0 spiro atoms. The summed E-state index contributed by atoms with van der Waals surface area (Å²) < 4.78 is 20.1. The maximum absolute atomic E-state index is 14.9. The van der Waals surface area contributed by atoms with E-state index in [2.05, 4.69) is 10.3 Å². The highest BCUT2D eigenvalue weighted by Crippen LogP contribution is 2.28. The summed E-state index contributed by atoms with van der Waals surface area (Å²) in [5.41, 5.74) is 6.71. The molecule has 2 aliphatic heterocycles. The lowest BCUT2D eigenvalue weighted by Gasteiger charge is -2.36. The van der Waals surface area contributed by atoms with E-state index in [-0.39, 0.29) is 24.9 Å². The number of halogens is 1. The number of hydrogen-bond acceptors (Lipinski definition) is 8. The summed E-state index contributed by atoms with van der Waals surface area (Å²) in [7, 11) is 0. The zero-order valence-electron chi connectivity index (χ0n) is 17.4. The lowest BCUT2D eigenvalue weighted by atomic mass is 10.2. The van der Waals surface area contributed by atoms with Crippen LogP contribution >= 0.6 is 11.3 Å². The van der Waals surface area contributed by atoms with Gasteiger partial charge in [0.1, 0.15) is 17.6 Å². The van der Waals surface area contributed by atoms with Gasteiger partial charge in [0.15, 0.2) is 5.13 Å². The van der Waals surface area contributed by atoms with Crippen LogP contribution in [0.5, 0.6) is 0 Å². The van der Waals surface area contributed by atoms with Gasteiger partial charge in [0, 0.05) is 38.5 Å². The van der Waals surface area contributed by atoms with E-state index in [9.17, 15) is 18.8 Å². The molecule has 1 aromatic carbocycles. The van der Waals surface area contributed by atoms with Crippen molar-refractivity contribution in [1.29, 1.82) is 0 Å². The number of carbonyl (C=O) groups excluding carboxylic acids is 3. The number of nitrogen functional groups attached to an aromatic ring is 1. The van der Waals surface area contributed by atoms with E-state index in [4.69, 9.17) is 10.5 Å². The van der Waals surface area contributed by atoms with Gasteiger partial charge in [0.25, 0.3) is 5.91 Å². The summed E-state index contributed by atoms with van der Waals surface area (Å²) in [6.45, 7) is 3.60. The van der Waals surface area contributed by atoms with Crippen LogP contribution in [0.25, 0.3) is 0 Å². The molecule has 32 heavy (non-hydrogen) atoms. The van der Waals surface area contributed by atoms with Gasteiger partial charge in [-0.25, -0.2) is 14.2 Å². The Labute approximate surface area is 187 Å². The van der Waals surface area contributed by atoms with Crippen molar-refractivity contribution >= 4 is 45.8 Å². The number of benzene rings is 1. The summed E-state index contributed by atoms with van der Waals surface area (Å²) in [6, 6.07) is 4.58. The van der Waals surface area contributed by atoms with Gasteiger partial charge in [-0.05, 0) is 18.2 Å². The maximum Gasteiger partial charge on any atom is 0.414 e. The molecule has 170 valence electrons. The molecule has 1 unspecified atom stereocenters. The molecule has 0 aliphatic carbocycles. The Morgan fingerprint density at radius 3 is 2.69 bits per heavy atom. The highest BCUT2D eigenvalue weighted by atomic mass is 32.1. The average molecular weight is 463 g/mol. The second-order valence-electron chi connectivity index (χ2n) is 7.54. The number of cyclic esters (lactones) is 1. The van der Waals surface area contributed by atoms with Crippen molar-refractivity contribution in [2.24, 2.45) is 0 Å². The molecule has 1 atom stereocenters. The lowest BCUT2D eigenvalue weighted by Crippen LogP contribution is -2.49. The van der Waals surface area contributed by atoms with Crippen molar-refractivity contribution in [3.05, 3.63) is 35.1 Å². The van der Waals surface area contributed by atoms with Gasteiger partial charge in [-0.15, -0.1) is 11.3 Å². The number of amides is 3. The van der Waals surface area contributed by atoms with Gasteiger partial charge in [0.2, 0.25) is 5.91 Å². The third-order valence-electron chi connectivity index (χ3n) is 5.34. The molecule has 1 aromatic heterocycles. The number of anilines is 3. The van der Waals surface area contributed by atoms with Crippen molar-refractivity contribution in [3.8, 4) is 0 Å². The fraction of sp³-hybridized carbons (Fsp3) is 0.400. The van der Waals surface area contributed by atoms with Crippen molar-refractivity contribution < 1.29 is 23.5 Å². The van der Waals surface area contributed by atoms with Gasteiger partial charge in [-0.1, -0.05) is 0 Å². The molecule has 2 fully saturated rings. The summed E-state index contributed by atoms with van der Waals surface area (Å²) in [5.74, 6) is -0.866. The van der Waals surface area contributed by atoms with Crippen LogP contribution < -0.4 is 20.9 Å². The largest absolute Gasteiger partial charge is 0.442 e. The summed E-state index contributed by atoms with van der Waals surface area (Å²) in [5, 5.41) is 4.58. The normalized spacial score (nSPS) is 18.6. The predicted molar refractivity (Wildman–Crippen MR) is 117 cm³/mol. The molecule has 3 heterocycles. The Balaban J connectivity index is 1.37. The number of hydrogen-bond donors (Lipinski definition) is 2. The number of nitrogens with two attached hydrogens (primary N) is 1. The maximum atomic E-state index is 14.9. The Morgan fingerprint density at radius 2 is 2.06 bits per heavy atom.